The van der Waals surface area contributed by atoms with Crippen molar-refractivity contribution in [3.05, 3.63) is 16.7 Å². The van der Waals surface area contributed by atoms with Gasteiger partial charge in [-0.2, -0.15) is 0 Å². The van der Waals surface area contributed by atoms with Crippen LogP contribution in [0.4, 0.5) is 0 Å². The summed E-state index contributed by atoms with van der Waals surface area (Å²) >= 11 is 0. The highest BCUT2D eigenvalue weighted by Crippen LogP contribution is 2.52. The first kappa shape index (κ1) is 20.2. The monoisotopic (exact) mass is 411 g/mol. The number of fused-ring (bicyclic) bond motifs is 3. The van der Waals surface area contributed by atoms with E-state index in [2.05, 4.69) is 4.90 Å². The Kier molecular flexibility index (Phi) is 5.30. The Morgan fingerprint density at radius 1 is 1.14 bits per heavy atom. The van der Waals surface area contributed by atoms with E-state index in [1.807, 2.05) is 0 Å². The molecule has 0 amide bonds. The van der Waals surface area contributed by atoms with Crippen LogP contribution in [0.15, 0.2) is 0 Å². The molecule has 0 radical (unpaired) electrons. The van der Waals surface area contributed by atoms with Gasteiger partial charge in [0.15, 0.2) is 17.6 Å². The topological polar surface area (TPSA) is 149 Å². The number of phenols is 2. The smallest absolute Gasteiger partial charge is 0.339 e. The Morgan fingerprint density at radius 3 is 2.45 bits per heavy atom. The zero-order valence-corrected chi connectivity index (χ0v) is 15.9. The van der Waals surface area contributed by atoms with Crippen LogP contribution in [0.25, 0.3) is 0 Å². The molecule has 4 rings (SSSR count). The number of methoxy groups -OCH3 is 1. The summed E-state index contributed by atoms with van der Waals surface area (Å²) in [4.78, 5) is 14.9. The van der Waals surface area contributed by atoms with Crippen LogP contribution in [-0.4, -0.2) is 87.6 Å². The maximum absolute atomic E-state index is 12.8. The van der Waals surface area contributed by atoms with Crippen molar-refractivity contribution in [2.75, 3.05) is 26.8 Å². The van der Waals surface area contributed by atoms with Crippen molar-refractivity contribution in [3.63, 3.8) is 0 Å². The fraction of sp³-hybridized carbons (Fsp3) is 0.632. The predicted octanol–water partition coefficient (Wildman–Crippen LogP) is -0.605. The number of likely N-dealkylation sites (tertiary alicyclic amines) is 1. The van der Waals surface area contributed by atoms with Crippen molar-refractivity contribution in [1.29, 1.82) is 0 Å². The number of esters is 1. The van der Waals surface area contributed by atoms with E-state index < -0.39 is 48.8 Å². The van der Waals surface area contributed by atoms with Crippen molar-refractivity contribution < 1.29 is 44.5 Å². The second-order valence-electron chi connectivity index (χ2n) is 7.61. The minimum atomic E-state index is -1.52. The number of phenolic OH excluding ortho intramolecular Hbond substituents is 2. The zero-order chi connectivity index (χ0) is 20.9. The molecule has 0 bridgehead atoms. The lowest BCUT2D eigenvalue weighted by molar-refractivity contribution is -0.235. The van der Waals surface area contributed by atoms with Crippen LogP contribution in [0.2, 0.25) is 0 Å². The number of carbonyl (C=O) groups is 1. The number of hydrogen-bond acceptors (Lipinski definition) is 10. The van der Waals surface area contributed by atoms with Gasteiger partial charge in [-0.1, -0.05) is 0 Å². The quantitative estimate of drug-likeness (QED) is 0.406. The van der Waals surface area contributed by atoms with Gasteiger partial charge >= 0.3 is 5.97 Å². The van der Waals surface area contributed by atoms with Crippen molar-refractivity contribution in [1.82, 2.24) is 4.90 Å². The van der Waals surface area contributed by atoms with E-state index in [9.17, 15) is 30.3 Å². The van der Waals surface area contributed by atoms with Gasteiger partial charge in [0.2, 0.25) is 5.75 Å². The number of aliphatic hydroxyl groups excluding tert-OH is 3. The number of benzene rings is 1. The van der Waals surface area contributed by atoms with Gasteiger partial charge in [-0.3, -0.25) is 4.90 Å². The molecule has 0 aliphatic carbocycles. The van der Waals surface area contributed by atoms with Crippen molar-refractivity contribution >= 4 is 5.97 Å². The Labute approximate surface area is 166 Å². The summed E-state index contributed by atoms with van der Waals surface area (Å²) in [5.74, 6) is -1.92. The molecule has 3 aliphatic rings. The SMILES string of the molecule is COc1c(O)c(CN2CCCC2)c2c(c1O)C1OC(CO)C(O)C(O)C1OC2=O. The molecule has 10 nitrogen and oxygen atoms in total. The molecule has 3 aliphatic heterocycles. The molecule has 5 atom stereocenters. The van der Waals surface area contributed by atoms with Crippen molar-refractivity contribution in [3.8, 4) is 17.2 Å². The van der Waals surface area contributed by atoms with Gasteiger partial charge in [0.05, 0.1) is 19.3 Å². The van der Waals surface area contributed by atoms with Gasteiger partial charge in [-0.15, -0.1) is 0 Å². The summed E-state index contributed by atoms with van der Waals surface area (Å²) in [6, 6.07) is 0. The summed E-state index contributed by atoms with van der Waals surface area (Å²) in [5.41, 5.74) is 0.207. The number of aliphatic hydroxyl groups is 3. The fourth-order valence-corrected chi connectivity index (χ4v) is 4.43. The average molecular weight is 411 g/mol. The van der Waals surface area contributed by atoms with E-state index in [0.29, 0.717) is 0 Å². The highest BCUT2D eigenvalue weighted by atomic mass is 16.6. The third-order valence-corrected chi connectivity index (χ3v) is 5.93. The molecule has 29 heavy (non-hydrogen) atoms. The number of rotatable bonds is 4. The maximum Gasteiger partial charge on any atom is 0.339 e. The highest BCUT2D eigenvalue weighted by Gasteiger charge is 2.53. The van der Waals surface area contributed by atoms with Gasteiger partial charge in [-0.05, 0) is 25.9 Å². The first-order chi connectivity index (χ1) is 13.9. The van der Waals surface area contributed by atoms with Crippen LogP contribution in [0.5, 0.6) is 17.2 Å². The third-order valence-electron chi connectivity index (χ3n) is 5.93. The molecular formula is C19H25NO9. The Balaban J connectivity index is 1.87. The minimum absolute atomic E-state index is 0.0134. The molecule has 160 valence electrons. The molecule has 2 saturated heterocycles. The lowest BCUT2D eigenvalue weighted by Crippen LogP contribution is -2.58. The summed E-state index contributed by atoms with van der Waals surface area (Å²) in [6.45, 7) is 1.26. The molecule has 5 N–H and O–H groups in total. The Bertz CT molecular complexity index is 808. The molecule has 3 heterocycles. The number of hydrogen-bond donors (Lipinski definition) is 5. The molecule has 2 fully saturated rings. The number of aromatic hydroxyl groups is 2. The number of nitrogens with zero attached hydrogens (tertiary/aromatic N) is 1. The standard InChI is InChI=1S/C19H25NO9/c1-27-17-12(22)8(6-20-4-2-3-5-20)10-11(14(17)24)16-18(29-19(10)26)15(25)13(23)9(7-21)28-16/h9,13,15-16,18,21-25H,2-7H2,1H3. The molecule has 10 heteroatoms. The first-order valence-electron chi connectivity index (χ1n) is 9.59. The summed E-state index contributed by atoms with van der Waals surface area (Å²) in [5, 5.41) is 51.5. The van der Waals surface area contributed by atoms with Gasteiger partial charge in [0.25, 0.3) is 0 Å². The van der Waals surface area contributed by atoms with Gasteiger partial charge in [0.1, 0.15) is 24.4 Å². The molecule has 0 aromatic heterocycles. The van der Waals surface area contributed by atoms with Crippen LogP contribution in [-0.2, 0) is 16.0 Å². The maximum atomic E-state index is 12.8. The fourth-order valence-electron chi connectivity index (χ4n) is 4.43. The number of ether oxygens (including phenoxy) is 3. The van der Waals surface area contributed by atoms with Crippen LogP contribution >= 0.6 is 0 Å². The van der Waals surface area contributed by atoms with Gasteiger partial charge < -0.3 is 39.7 Å². The van der Waals surface area contributed by atoms with E-state index in [-0.39, 0.29) is 34.7 Å². The zero-order valence-electron chi connectivity index (χ0n) is 15.9. The lowest BCUT2D eigenvalue weighted by atomic mass is 9.84. The summed E-state index contributed by atoms with van der Waals surface area (Å²) in [6.07, 6.45) is -4.57. The van der Waals surface area contributed by atoms with Crippen LogP contribution in [0.1, 0.15) is 40.4 Å². The molecule has 0 saturated carbocycles. The van der Waals surface area contributed by atoms with Gasteiger partial charge in [0, 0.05) is 17.7 Å². The van der Waals surface area contributed by atoms with E-state index in [4.69, 9.17) is 14.2 Å². The molecule has 1 aromatic carbocycles. The first-order valence-corrected chi connectivity index (χ1v) is 9.59. The summed E-state index contributed by atoms with van der Waals surface area (Å²) in [7, 11) is 1.27. The second-order valence-corrected chi connectivity index (χ2v) is 7.61. The van der Waals surface area contributed by atoms with Crippen LogP contribution in [0, 0.1) is 0 Å². The van der Waals surface area contributed by atoms with Crippen molar-refractivity contribution in [2.45, 2.75) is 49.9 Å². The van der Waals surface area contributed by atoms with E-state index in [0.717, 1.165) is 25.9 Å². The summed E-state index contributed by atoms with van der Waals surface area (Å²) < 4.78 is 16.2. The van der Waals surface area contributed by atoms with E-state index >= 15 is 0 Å². The second kappa shape index (κ2) is 7.62. The third kappa shape index (κ3) is 3.11. The molecule has 1 aromatic rings. The molecule has 0 spiro atoms. The largest absolute Gasteiger partial charge is 0.504 e. The number of carbonyl (C=O) groups excluding carboxylic acids is 1. The van der Waals surface area contributed by atoms with Crippen molar-refractivity contribution in [2.24, 2.45) is 0 Å². The minimum Gasteiger partial charge on any atom is -0.504 e. The molecule has 5 unspecified atom stereocenters. The van der Waals surface area contributed by atoms with E-state index in [1.165, 1.54) is 7.11 Å². The molecular weight excluding hydrogens is 386 g/mol. The Morgan fingerprint density at radius 2 is 1.83 bits per heavy atom. The van der Waals surface area contributed by atoms with Crippen LogP contribution in [0.3, 0.4) is 0 Å². The predicted molar refractivity (Wildman–Crippen MR) is 96.8 cm³/mol. The lowest BCUT2D eigenvalue weighted by Gasteiger charge is -2.45. The highest BCUT2D eigenvalue weighted by molar-refractivity contribution is 5.97. The Hall–Kier alpha value is -2.11. The van der Waals surface area contributed by atoms with Gasteiger partial charge in [-0.25, -0.2) is 4.79 Å². The van der Waals surface area contributed by atoms with Crippen LogP contribution < -0.4 is 4.74 Å². The normalized spacial score (nSPS) is 31.9. The van der Waals surface area contributed by atoms with E-state index in [1.54, 1.807) is 0 Å². The average Bonchev–Trinajstić information content (AvgIpc) is 3.21.